The summed E-state index contributed by atoms with van der Waals surface area (Å²) in [6.45, 7) is 4.41. The molecule has 0 saturated carbocycles. The van der Waals surface area contributed by atoms with E-state index in [1.807, 2.05) is 13.8 Å². The second kappa shape index (κ2) is 4.48. The molecule has 2 heterocycles. The van der Waals surface area contributed by atoms with E-state index in [9.17, 15) is 5.11 Å². The fraction of sp³-hybridized carbons (Fsp3) is 0.444. The minimum atomic E-state index is -0.810. The molecule has 1 N–H and O–H groups in total. The molecule has 7 heteroatoms. The third-order valence-electron chi connectivity index (χ3n) is 2.33. The number of aryl methyl sites for hydroxylation is 2. The molecule has 2 aromatic heterocycles. The van der Waals surface area contributed by atoms with Crippen molar-refractivity contribution in [2.45, 2.75) is 26.5 Å². The third kappa shape index (κ3) is 1.83. The Morgan fingerprint density at radius 2 is 2.38 bits per heavy atom. The standard InChI is InChI=1S/C9H11ClN4OS/c1-3-14-7(6(10)4-11-14)8(15)9-5(2)12-13-16-9/h4,8,15H,3H2,1-2H3. The Balaban J connectivity index is 2.44. The summed E-state index contributed by atoms with van der Waals surface area (Å²) in [7, 11) is 0. The highest BCUT2D eigenvalue weighted by atomic mass is 35.5. The SMILES string of the molecule is CCn1ncc(Cl)c1C(O)c1snnc1C. The van der Waals surface area contributed by atoms with Gasteiger partial charge in [-0.15, -0.1) is 5.10 Å². The normalized spacial score (nSPS) is 13.0. The van der Waals surface area contributed by atoms with Crippen LogP contribution in [0.15, 0.2) is 6.20 Å². The Kier molecular flexibility index (Phi) is 3.22. The molecule has 0 fully saturated rings. The maximum atomic E-state index is 10.2. The van der Waals surface area contributed by atoms with Gasteiger partial charge in [0.15, 0.2) is 0 Å². The zero-order chi connectivity index (χ0) is 11.7. The zero-order valence-electron chi connectivity index (χ0n) is 8.88. The molecule has 0 bridgehead atoms. The van der Waals surface area contributed by atoms with Crippen molar-refractivity contribution >= 4 is 23.1 Å². The van der Waals surface area contributed by atoms with Crippen molar-refractivity contribution in [3.63, 3.8) is 0 Å². The lowest BCUT2D eigenvalue weighted by Crippen LogP contribution is -2.09. The molecule has 0 saturated heterocycles. The molecule has 0 spiro atoms. The van der Waals surface area contributed by atoms with Crippen LogP contribution in [-0.4, -0.2) is 24.5 Å². The second-order valence-electron chi connectivity index (χ2n) is 3.32. The molecule has 2 rings (SSSR count). The molecule has 86 valence electrons. The molecule has 1 unspecified atom stereocenters. The average Bonchev–Trinajstić information content (AvgIpc) is 2.83. The van der Waals surface area contributed by atoms with E-state index in [0.29, 0.717) is 22.1 Å². The smallest absolute Gasteiger partial charge is 0.135 e. The zero-order valence-corrected chi connectivity index (χ0v) is 10.5. The summed E-state index contributed by atoms with van der Waals surface area (Å²) in [5, 5.41) is 18.6. The Morgan fingerprint density at radius 1 is 1.62 bits per heavy atom. The van der Waals surface area contributed by atoms with Crippen LogP contribution in [0.4, 0.5) is 0 Å². The van der Waals surface area contributed by atoms with Gasteiger partial charge in [-0.2, -0.15) is 5.10 Å². The van der Waals surface area contributed by atoms with Crippen LogP contribution in [0.2, 0.25) is 5.02 Å². The van der Waals surface area contributed by atoms with Crippen molar-refractivity contribution in [3.05, 3.63) is 27.5 Å². The van der Waals surface area contributed by atoms with E-state index in [-0.39, 0.29) is 0 Å². The van der Waals surface area contributed by atoms with Gasteiger partial charge in [-0.05, 0) is 25.4 Å². The van der Waals surface area contributed by atoms with Crippen LogP contribution in [-0.2, 0) is 6.54 Å². The van der Waals surface area contributed by atoms with Crippen LogP contribution >= 0.6 is 23.1 Å². The van der Waals surface area contributed by atoms with Gasteiger partial charge in [0.1, 0.15) is 6.10 Å². The van der Waals surface area contributed by atoms with Gasteiger partial charge in [-0.3, -0.25) is 4.68 Å². The molecule has 2 aromatic rings. The van der Waals surface area contributed by atoms with Gasteiger partial charge in [0, 0.05) is 6.54 Å². The molecule has 0 radical (unpaired) electrons. The summed E-state index contributed by atoms with van der Waals surface area (Å²) in [6.07, 6.45) is 0.725. The van der Waals surface area contributed by atoms with Crippen molar-refractivity contribution in [2.24, 2.45) is 0 Å². The molecule has 5 nitrogen and oxygen atoms in total. The number of hydrogen-bond donors (Lipinski definition) is 1. The maximum absolute atomic E-state index is 10.2. The molecule has 0 aromatic carbocycles. The van der Waals surface area contributed by atoms with E-state index in [2.05, 4.69) is 14.7 Å². The topological polar surface area (TPSA) is 63.8 Å². The van der Waals surface area contributed by atoms with Crippen molar-refractivity contribution in [3.8, 4) is 0 Å². The molecular weight excluding hydrogens is 248 g/mol. The summed E-state index contributed by atoms with van der Waals surface area (Å²) in [4.78, 5) is 0.706. The van der Waals surface area contributed by atoms with Gasteiger partial charge in [0.2, 0.25) is 0 Å². The predicted octanol–water partition coefficient (Wildman–Crippen LogP) is 1.80. The maximum Gasteiger partial charge on any atom is 0.135 e. The largest absolute Gasteiger partial charge is 0.381 e. The van der Waals surface area contributed by atoms with Gasteiger partial charge in [-0.25, -0.2) is 0 Å². The highest BCUT2D eigenvalue weighted by Gasteiger charge is 2.23. The first-order valence-electron chi connectivity index (χ1n) is 4.83. The van der Waals surface area contributed by atoms with Crippen LogP contribution in [0, 0.1) is 6.92 Å². The number of hydrogen-bond acceptors (Lipinski definition) is 5. The number of nitrogens with zero attached hydrogens (tertiary/aromatic N) is 4. The number of aromatic nitrogens is 4. The van der Waals surface area contributed by atoms with E-state index < -0.39 is 6.10 Å². The summed E-state index contributed by atoms with van der Waals surface area (Å²) < 4.78 is 5.47. The predicted molar refractivity (Wildman–Crippen MR) is 61.6 cm³/mol. The first kappa shape index (κ1) is 11.5. The van der Waals surface area contributed by atoms with E-state index >= 15 is 0 Å². The molecule has 0 aliphatic carbocycles. The number of rotatable bonds is 3. The highest BCUT2D eigenvalue weighted by Crippen LogP contribution is 2.30. The molecule has 1 atom stereocenters. The van der Waals surface area contributed by atoms with Crippen molar-refractivity contribution in [1.82, 2.24) is 19.4 Å². The third-order valence-corrected chi connectivity index (χ3v) is 3.50. The lowest BCUT2D eigenvalue weighted by Gasteiger charge is -2.11. The van der Waals surface area contributed by atoms with Crippen LogP contribution in [0.25, 0.3) is 0 Å². The molecule has 16 heavy (non-hydrogen) atoms. The Labute approximate surface area is 102 Å². The van der Waals surface area contributed by atoms with Crippen LogP contribution < -0.4 is 0 Å². The molecular formula is C9H11ClN4OS. The number of aliphatic hydroxyl groups is 1. The summed E-state index contributed by atoms with van der Waals surface area (Å²) in [6, 6.07) is 0. The van der Waals surface area contributed by atoms with Gasteiger partial charge in [0.25, 0.3) is 0 Å². The Morgan fingerprint density at radius 3 is 2.94 bits per heavy atom. The lowest BCUT2D eigenvalue weighted by molar-refractivity contribution is 0.211. The second-order valence-corrected chi connectivity index (χ2v) is 4.51. The summed E-state index contributed by atoms with van der Waals surface area (Å²) in [5.74, 6) is 0. The van der Waals surface area contributed by atoms with Gasteiger partial charge >= 0.3 is 0 Å². The average molecular weight is 259 g/mol. The highest BCUT2D eigenvalue weighted by molar-refractivity contribution is 7.05. The first-order valence-corrected chi connectivity index (χ1v) is 5.98. The molecule has 0 amide bonds. The van der Waals surface area contributed by atoms with E-state index in [1.165, 1.54) is 17.7 Å². The summed E-state index contributed by atoms with van der Waals surface area (Å²) in [5.41, 5.74) is 1.32. The van der Waals surface area contributed by atoms with E-state index in [1.54, 1.807) is 4.68 Å². The fourth-order valence-corrected chi connectivity index (χ4v) is 2.39. The molecule has 0 aliphatic heterocycles. The first-order chi connectivity index (χ1) is 7.65. The monoisotopic (exact) mass is 258 g/mol. The van der Waals surface area contributed by atoms with Gasteiger partial charge < -0.3 is 5.11 Å². The minimum Gasteiger partial charge on any atom is -0.381 e. The van der Waals surface area contributed by atoms with Crippen LogP contribution in [0.1, 0.15) is 29.3 Å². The Hall–Kier alpha value is -0.980. The van der Waals surface area contributed by atoms with Crippen LogP contribution in [0.5, 0.6) is 0 Å². The molecule has 0 aliphatic rings. The van der Waals surface area contributed by atoms with Crippen molar-refractivity contribution in [2.75, 3.05) is 0 Å². The van der Waals surface area contributed by atoms with Crippen molar-refractivity contribution < 1.29 is 5.11 Å². The van der Waals surface area contributed by atoms with E-state index in [4.69, 9.17) is 11.6 Å². The number of aliphatic hydroxyl groups excluding tert-OH is 1. The lowest BCUT2D eigenvalue weighted by atomic mass is 10.2. The van der Waals surface area contributed by atoms with Crippen LogP contribution in [0.3, 0.4) is 0 Å². The number of halogens is 1. The Bertz CT molecular complexity index is 495. The van der Waals surface area contributed by atoms with E-state index in [0.717, 1.165) is 5.69 Å². The summed E-state index contributed by atoms with van der Waals surface area (Å²) >= 11 is 7.18. The fourth-order valence-electron chi connectivity index (χ4n) is 1.51. The minimum absolute atomic E-state index is 0.460. The van der Waals surface area contributed by atoms with Gasteiger partial charge in [0.05, 0.1) is 27.5 Å². The van der Waals surface area contributed by atoms with Gasteiger partial charge in [-0.1, -0.05) is 16.1 Å². The quantitative estimate of drug-likeness (QED) is 0.912. The van der Waals surface area contributed by atoms with Crippen molar-refractivity contribution in [1.29, 1.82) is 0 Å².